The fraction of sp³-hybridized carbons (Fsp3) is 0.0667. The first kappa shape index (κ1) is 9.97. The molecule has 2 aromatic heterocycles. The Kier molecular flexibility index (Phi) is 2.33. The zero-order valence-electron chi connectivity index (χ0n) is 9.59. The van der Waals surface area contributed by atoms with Crippen LogP contribution in [0.5, 0.6) is 0 Å². The summed E-state index contributed by atoms with van der Waals surface area (Å²) in [7, 11) is 0. The van der Waals surface area contributed by atoms with E-state index in [1.165, 1.54) is 10.9 Å². The minimum atomic E-state index is 0.981. The highest BCUT2D eigenvalue weighted by Crippen LogP contribution is 2.23. The lowest BCUT2D eigenvalue weighted by Gasteiger charge is -2.05. The number of hydrogen-bond donors (Lipinski definition) is 0. The summed E-state index contributed by atoms with van der Waals surface area (Å²) in [5, 5.41) is 1.21. The zero-order valence-corrected chi connectivity index (χ0v) is 9.59. The van der Waals surface area contributed by atoms with Gasteiger partial charge in [0.1, 0.15) is 0 Å². The molecule has 0 bridgehead atoms. The number of fused-ring (bicyclic) bond motifs is 1. The van der Waals surface area contributed by atoms with E-state index in [-0.39, 0.29) is 0 Å². The number of hydrogen-bond acceptors (Lipinski definition) is 2. The summed E-state index contributed by atoms with van der Waals surface area (Å²) < 4.78 is 0. The topological polar surface area (TPSA) is 25.8 Å². The first-order chi connectivity index (χ1) is 8.34. The van der Waals surface area contributed by atoms with Gasteiger partial charge in [-0.3, -0.25) is 4.98 Å². The second kappa shape index (κ2) is 3.98. The summed E-state index contributed by atoms with van der Waals surface area (Å²) >= 11 is 0. The lowest BCUT2D eigenvalue weighted by Crippen LogP contribution is -1.88. The molecule has 3 aromatic rings. The second-order valence-corrected chi connectivity index (χ2v) is 4.08. The molecule has 0 aliphatic heterocycles. The van der Waals surface area contributed by atoms with Gasteiger partial charge < -0.3 is 0 Å². The first-order valence-corrected chi connectivity index (χ1v) is 5.61. The summed E-state index contributed by atoms with van der Waals surface area (Å²) in [6.45, 7) is 2.11. The van der Waals surface area contributed by atoms with Crippen LogP contribution in [0.4, 0.5) is 0 Å². The molecule has 0 amide bonds. The fourth-order valence-electron chi connectivity index (χ4n) is 2.01. The molecular weight excluding hydrogens is 208 g/mol. The largest absolute Gasteiger partial charge is 0.264 e. The van der Waals surface area contributed by atoms with Gasteiger partial charge in [0.05, 0.1) is 11.2 Å². The molecule has 0 atom stereocenters. The quantitative estimate of drug-likeness (QED) is 0.626. The van der Waals surface area contributed by atoms with E-state index in [0.29, 0.717) is 0 Å². The smallest absolute Gasteiger partial charge is 0.0727 e. The predicted molar refractivity (Wildman–Crippen MR) is 69.7 cm³/mol. The van der Waals surface area contributed by atoms with Gasteiger partial charge in [0.25, 0.3) is 0 Å². The van der Waals surface area contributed by atoms with Crippen molar-refractivity contribution in [2.24, 2.45) is 0 Å². The summed E-state index contributed by atoms with van der Waals surface area (Å²) in [5.74, 6) is 0. The van der Waals surface area contributed by atoms with Gasteiger partial charge in [-0.25, -0.2) is 4.98 Å². The predicted octanol–water partition coefficient (Wildman–Crippen LogP) is 3.61. The van der Waals surface area contributed by atoms with Crippen molar-refractivity contribution in [3.05, 3.63) is 60.4 Å². The van der Waals surface area contributed by atoms with Crippen molar-refractivity contribution in [1.82, 2.24) is 9.97 Å². The van der Waals surface area contributed by atoms with Crippen molar-refractivity contribution in [3.63, 3.8) is 0 Å². The van der Waals surface area contributed by atoms with Gasteiger partial charge in [0.2, 0.25) is 0 Å². The Morgan fingerprint density at radius 1 is 1.00 bits per heavy atom. The van der Waals surface area contributed by atoms with E-state index in [4.69, 9.17) is 0 Å². The molecule has 0 N–H and O–H groups in total. The Hall–Kier alpha value is -2.22. The number of pyridine rings is 2. The van der Waals surface area contributed by atoms with Crippen LogP contribution in [0, 0.1) is 6.92 Å². The molecule has 2 heteroatoms. The van der Waals surface area contributed by atoms with Crippen LogP contribution in [-0.2, 0) is 0 Å². The van der Waals surface area contributed by atoms with E-state index in [2.05, 4.69) is 29.0 Å². The molecule has 17 heavy (non-hydrogen) atoms. The monoisotopic (exact) mass is 220 g/mol. The maximum atomic E-state index is 4.67. The van der Waals surface area contributed by atoms with Gasteiger partial charge in [-0.2, -0.15) is 0 Å². The van der Waals surface area contributed by atoms with Crippen LogP contribution < -0.4 is 0 Å². The minimum absolute atomic E-state index is 0.981. The molecule has 2 nitrogen and oxygen atoms in total. The van der Waals surface area contributed by atoms with E-state index in [9.17, 15) is 0 Å². The average Bonchev–Trinajstić information content (AvgIpc) is 2.40. The van der Waals surface area contributed by atoms with Gasteiger partial charge in [-0.1, -0.05) is 18.2 Å². The number of para-hydroxylation sites is 1. The molecule has 2 heterocycles. The number of nitrogens with zero attached hydrogens (tertiary/aromatic N) is 2. The molecule has 0 saturated carbocycles. The lowest BCUT2D eigenvalue weighted by atomic mass is 10.1. The Morgan fingerprint density at radius 2 is 1.88 bits per heavy atom. The van der Waals surface area contributed by atoms with Crippen molar-refractivity contribution in [2.75, 3.05) is 0 Å². The number of aromatic nitrogens is 2. The molecule has 0 fully saturated rings. The highest BCUT2D eigenvalue weighted by Gasteiger charge is 2.03. The van der Waals surface area contributed by atoms with E-state index in [0.717, 1.165) is 16.8 Å². The standard InChI is InChI=1S/C15H12N2/c1-11-9-15(12-5-4-8-16-10-12)17-14-7-3-2-6-13(11)14/h2-10H,1H3. The highest BCUT2D eigenvalue weighted by atomic mass is 14.7. The third-order valence-electron chi connectivity index (χ3n) is 2.88. The molecule has 0 radical (unpaired) electrons. The Balaban J connectivity index is 2.26. The van der Waals surface area contributed by atoms with Gasteiger partial charge >= 0.3 is 0 Å². The number of rotatable bonds is 1. The van der Waals surface area contributed by atoms with Crippen LogP contribution in [-0.4, -0.2) is 9.97 Å². The van der Waals surface area contributed by atoms with Crippen molar-refractivity contribution in [3.8, 4) is 11.3 Å². The molecule has 0 spiro atoms. The second-order valence-electron chi connectivity index (χ2n) is 4.08. The summed E-state index contributed by atoms with van der Waals surface area (Å²) in [4.78, 5) is 8.80. The average molecular weight is 220 g/mol. The first-order valence-electron chi connectivity index (χ1n) is 5.61. The minimum Gasteiger partial charge on any atom is -0.264 e. The van der Waals surface area contributed by atoms with E-state index < -0.39 is 0 Å². The summed E-state index contributed by atoms with van der Waals surface area (Å²) in [5.41, 5.74) is 4.32. The molecule has 0 unspecified atom stereocenters. The molecule has 82 valence electrons. The SMILES string of the molecule is Cc1cc(-c2cccnc2)nc2ccccc12. The summed E-state index contributed by atoms with van der Waals surface area (Å²) in [6.07, 6.45) is 3.62. The van der Waals surface area contributed by atoms with E-state index >= 15 is 0 Å². The Morgan fingerprint density at radius 3 is 2.71 bits per heavy atom. The molecular formula is C15H12N2. The maximum absolute atomic E-state index is 4.67. The van der Waals surface area contributed by atoms with Gasteiger partial charge in [-0.05, 0) is 36.8 Å². The van der Waals surface area contributed by atoms with Crippen molar-refractivity contribution in [2.45, 2.75) is 6.92 Å². The third-order valence-corrected chi connectivity index (χ3v) is 2.88. The van der Waals surface area contributed by atoms with Crippen LogP contribution in [0.2, 0.25) is 0 Å². The molecule has 3 rings (SSSR count). The fourth-order valence-corrected chi connectivity index (χ4v) is 2.01. The maximum Gasteiger partial charge on any atom is 0.0727 e. The zero-order chi connectivity index (χ0) is 11.7. The molecule has 0 aliphatic rings. The van der Waals surface area contributed by atoms with Crippen LogP contribution in [0.3, 0.4) is 0 Å². The Labute approximate surface area is 100.0 Å². The number of aryl methyl sites for hydroxylation is 1. The van der Waals surface area contributed by atoms with Crippen molar-refractivity contribution >= 4 is 10.9 Å². The van der Waals surface area contributed by atoms with Crippen LogP contribution in [0.25, 0.3) is 22.2 Å². The summed E-state index contributed by atoms with van der Waals surface area (Å²) in [6, 6.07) is 14.3. The van der Waals surface area contributed by atoms with Gasteiger partial charge in [-0.15, -0.1) is 0 Å². The van der Waals surface area contributed by atoms with Crippen LogP contribution in [0.1, 0.15) is 5.56 Å². The third kappa shape index (κ3) is 1.78. The van der Waals surface area contributed by atoms with Crippen molar-refractivity contribution < 1.29 is 0 Å². The number of benzene rings is 1. The van der Waals surface area contributed by atoms with Crippen LogP contribution >= 0.6 is 0 Å². The Bertz CT molecular complexity index is 660. The normalized spacial score (nSPS) is 10.6. The van der Waals surface area contributed by atoms with Gasteiger partial charge in [0.15, 0.2) is 0 Å². The van der Waals surface area contributed by atoms with Crippen molar-refractivity contribution in [1.29, 1.82) is 0 Å². The van der Waals surface area contributed by atoms with E-state index in [1.54, 1.807) is 6.20 Å². The van der Waals surface area contributed by atoms with Gasteiger partial charge in [0, 0.05) is 23.3 Å². The molecule has 0 aliphatic carbocycles. The highest BCUT2D eigenvalue weighted by molar-refractivity contribution is 5.84. The molecule has 0 saturated heterocycles. The lowest BCUT2D eigenvalue weighted by molar-refractivity contribution is 1.29. The van der Waals surface area contributed by atoms with E-state index in [1.807, 2.05) is 36.5 Å². The molecule has 1 aromatic carbocycles. The van der Waals surface area contributed by atoms with Crippen LogP contribution in [0.15, 0.2) is 54.9 Å².